The van der Waals surface area contributed by atoms with Gasteiger partial charge in [0.25, 0.3) is 0 Å². The van der Waals surface area contributed by atoms with Crippen molar-refractivity contribution in [3.05, 3.63) is 23.8 Å². The van der Waals surface area contributed by atoms with Crippen molar-refractivity contribution in [2.45, 2.75) is 44.9 Å². The molecule has 1 unspecified atom stereocenters. The lowest BCUT2D eigenvalue weighted by Gasteiger charge is -2.15. The lowest BCUT2D eigenvalue weighted by molar-refractivity contribution is -0.137. The standard InChI is InChI=1S/C15H20O4/c1-2-3-4-5-11(9-15(16)17)12-6-7-13-14(8-12)19-10-18-13/h6-8,11H,2-5,9-10H2,1H3,(H,16,17). The summed E-state index contributed by atoms with van der Waals surface area (Å²) in [7, 11) is 0. The Morgan fingerprint density at radius 2 is 2.11 bits per heavy atom. The summed E-state index contributed by atoms with van der Waals surface area (Å²) >= 11 is 0. The fourth-order valence-corrected chi connectivity index (χ4v) is 2.41. The van der Waals surface area contributed by atoms with Gasteiger partial charge in [-0.25, -0.2) is 0 Å². The van der Waals surface area contributed by atoms with Crippen molar-refractivity contribution < 1.29 is 19.4 Å². The summed E-state index contributed by atoms with van der Waals surface area (Å²) in [6.07, 6.45) is 4.41. The third-order valence-electron chi connectivity index (χ3n) is 3.45. The molecule has 0 bridgehead atoms. The number of benzene rings is 1. The summed E-state index contributed by atoms with van der Waals surface area (Å²) in [6.45, 7) is 2.39. The fraction of sp³-hybridized carbons (Fsp3) is 0.533. The number of hydrogen-bond donors (Lipinski definition) is 1. The highest BCUT2D eigenvalue weighted by Crippen LogP contribution is 2.36. The van der Waals surface area contributed by atoms with Crippen LogP contribution >= 0.6 is 0 Å². The van der Waals surface area contributed by atoms with Crippen LogP contribution in [-0.2, 0) is 4.79 Å². The van der Waals surface area contributed by atoms with Gasteiger partial charge in [-0.2, -0.15) is 0 Å². The lowest BCUT2D eigenvalue weighted by Crippen LogP contribution is -2.06. The van der Waals surface area contributed by atoms with Gasteiger partial charge in [-0.1, -0.05) is 32.3 Å². The molecule has 0 aliphatic carbocycles. The van der Waals surface area contributed by atoms with Gasteiger partial charge in [0.05, 0.1) is 6.42 Å². The number of carboxylic acids is 1. The maximum absolute atomic E-state index is 11.0. The normalized spacial score (nSPS) is 14.4. The number of rotatable bonds is 7. The van der Waals surface area contributed by atoms with Crippen LogP contribution in [0.1, 0.15) is 50.5 Å². The number of ether oxygens (including phenoxy) is 2. The van der Waals surface area contributed by atoms with E-state index >= 15 is 0 Å². The average Bonchev–Trinajstić information content (AvgIpc) is 2.84. The van der Waals surface area contributed by atoms with Gasteiger partial charge in [0.2, 0.25) is 6.79 Å². The van der Waals surface area contributed by atoms with E-state index < -0.39 is 5.97 Å². The highest BCUT2D eigenvalue weighted by molar-refractivity contribution is 5.68. The van der Waals surface area contributed by atoms with Gasteiger partial charge in [-0.3, -0.25) is 4.79 Å². The van der Waals surface area contributed by atoms with Crippen molar-refractivity contribution in [1.29, 1.82) is 0 Å². The summed E-state index contributed by atoms with van der Waals surface area (Å²) in [5.41, 5.74) is 1.03. The summed E-state index contributed by atoms with van der Waals surface area (Å²) in [4.78, 5) is 11.0. The maximum atomic E-state index is 11.0. The SMILES string of the molecule is CCCCCC(CC(=O)O)c1ccc2c(c1)OCO2. The van der Waals surface area contributed by atoms with Crippen LogP contribution in [-0.4, -0.2) is 17.9 Å². The summed E-state index contributed by atoms with van der Waals surface area (Å²) in [6, 6.07) is 5.74. The summed E-state index contributed by atoms with van der Waals surface area (Å²) < 4.78 is 10.6. The number of carbonyl (C=O) groups is 1. The van der Waals surface area contributed by atoms with Crippen LogP contribution in [0.4, 0.5) is 0 Å². The monoisotopic (exact) mass is 264 g/mol. The molecule has 4 nitrogen and oxygen atoms in total. The quantitative estimate of drug-likeness (QED) is 0.765. The van der Waals surface area contributed by atoms with E-state index in [0.717, 1.165) is 42.7 Å². The average molecular weight is 264 g/mol. The minimum atomic E-state index is -0.751. The van der Waals surface area contributed by atoms with Crippen LogP contribution in [0.2, 0.25) is 0 Å². The second-order valence-electron chi connectivity index (χ2n) is 4.90. The molecule has 0 saturated carbocycles. The number of hydrogen-bond acceptors (Lipinski definition) is 3. The van der Waals surface area contributed by atoms with Crippen molar-refractivity contribution in [2.75, 3.05) is 6.79 Å². The molecule has 1 heterocycles. The first-order valence-electron chi connectivity index (χ1n) is 6.82. The second-order valence-corrected chi connectivity index (χ2v) is 4.90. The molecular weight excluding hydrogens is 244 g/mol. The molecule has 2 rings (SSSR count). The predicted octanol–water partition coefficient (Wildman–Crippen LogP) is 3.55. The van der Waals surface area contributed by atoms with Crippen LogP contribution < -0.4 is 9.47 Å². The molecule has 1 aromatic rings. The molecule has 1 aliphatic rings. The topological polar surface area (TPSA) is 55.8 Å². The van der Waals surface area contributed by atoms with Crippen LogP contribution in [0.5, 0.6) is 11.5 Å². The number of unbranched alkanes of at least 4 members (excludes halogenated alkanes) is 2. The Labute approximate surface area is 113 Å². The van der Waals surface area contributed by atoms with Crippen LogP contribution in [0, 0.1) is 0 Å². The Morgan fingerprint density at radius 1 is 1.32 bits per heavy atom. The minimum Gasteiger partial charge on any atom is -0.481 e. The van der Waals surface area contributed by atoms with Gasteiger partial charge in [0.15, 0.2) is 11.5 Å². The number of fused-ring (bicyclic) bond motifs is 1. The van der Waals surface area contributed by atoms with Crippen molar-refractivity contribution in [2.24, 2.45) is 0 Å². The Hall–Kier alpha value is -1.71. The molecule has 0 aromatic heterocycles. The lowest BCUT2D eigenvalue weighted by atomic mass is 9.90. The van der Waals surface area contributed by atoms with Crippen molar-refractivity contribution in [3.63, 3.8) is 0 Å². The van der Waals surface area contributed by atoms with Gasteiger partial charge in [0, 0.05) is 0 Å². The largest absolute Gasteiger partial charge is 0.481 e. The molecule has 104 valence electrons. The third-order valence-corrected chi connectivity index (χ3v) is 3.45. The first-order valence-corrected chi connectivity index (χ1v) is 6.82. The summed E-state index contributed by atoms with van der Waals surface area (Å²) in [5, 5.41) is 9.04. The van der Waals surface area contributed by atoms with E-state index in [1.54, 1.807) is 0 Å². The zero-order chi connectivity index (χ0) is 13.7. The molecular formula is C15H20O4. The Kier molecular flexibility index (Phi) is 4.66. The van der Waals surface area contributed by atoms with E-state index in [1.807, 2.05) is 18.2 Å². The van der Waals surface area contributed by atoms with Gasteiger partial charge in [-0.05, 0) is 30.0 Å². The zero-order valence-electron chi connectivity index (χ0n) is 11.2. The Balaban J connectivity index is 2.10. The van der Waals surface area contributed by atoms with Crippen LogP contribution in [0.15, 0.2) is 18.2 Å². The smallest absolute Gasteiger partial charge is 0.303 e. The Bertz CT molecular complexity index is 442. The Morgan fingerprint density at radius 3 is 2.84 bits per heavy atom. The second kappa shape index (κ2) is 6.45. The molecule has 19 heavy (non-hydrogen) atoms. The molecule has 4 heteroatoms. The molecule has 1 atom stereocenters. The van der Waals surface area contributed by atoms with E-state index in [2.05, 4.69) is 6.92 Å². The van der Waals surface area contributed by atoms with Crippen molar-refractivity contribution in [3.8, 4) is 11.5 Å². The van der Waals surface area contributed by atoms with Gasteiger partial charge >= 0.3 is 5.97 Å². The first kappa shape index (κ1) is 13.7. The number of aliphatic carboxylic acids is 1. The highest BCUT2D eigenvalue weighted by Gasteiger charge is 2.19. The van der Waals surface area contributed by atoms with E-state index in [-0.39, 0.29) is 19.1 Å². The molecule has 1 N–H and O–H groups in total. The number of carboxylic acid groups (broad SMARTS) is 1. The van der Waals surface area contributed by atoms with Gasteiger partial charge in [0.1, 0.15) is 0 Å². The van der Waals surface area contributed by atoms with Gasteiger partial charge < -0.3 is 14.6 Å². The van der Waals surface area contributed by atoms with E-state index in [1.165, 1.54) is 0 Å². The van der Waals surface area contributed by atoms with Crippen molar-refractivity contribution >= 4 is 5.97 Å². The molecule has 0 amide bonds. The van der Waals surface area contributed by atoms with Crippen LogP contribution in [0.25, 0.3) is 0 Å². The molecule has 1 aromatic carbocycles. The maximum Gasteiger partial charge on any atom is 0.303 e. The third kappa shape index (κ3) is 3.63. The minimum absolute atomic E-state index is 0.0542. The van der Waals surface area contributed by atoms with Crippen molar-refractivity contribution in [1.82, 2.24) is 0 Å². The van der Waals surface area contributed by atoms with Crippen LogP contribution in [0.3, 0.4) is 0 Å². The molecule has 0 spiro atoms. The summed E-state index contributed by atoms with van der Waals surface area (Å²) in [5.74, 6) is 0.771. The predicted molar refractivity (Wildman–Crippen MR) is 71.7 cm³/mol. The van der Waals surface area contributed by atoms with Gasteiger partial charge in [-0.15, -0.1) is 0 Å². The first-order chi connectivity index (χ1) is 9.20. The van der Waals surface area contributed by atoms with E-state index in [4.69, 9.17) is 14.6 Å². The highest BCUT2D eigenvalue weighted by atomic mass is 16.7. The fourth-order valence-electron chi connectivity index (χ4n) is 2.41. The molecule has 0 fully saturated rings. The van der Waals surface area contributed by atoms with E-state index in [0.29, 0.717) is 0 Å². The molecule has 1 aliphatic heterocycles. The molecule has 0 radical (unpaired) electrons. The zero-order valence-corrected chi connectivity index (χ0v) is 11.2. The van der Waals surface area contributed by atoms with E-state index in [9.17, 15) is 4.79 Å². The molecule has 0 saturated heterocycles.